The fourth-order valence-electron chi connectivity index (χ4n) is 3.32. The Kier molecular flexibility index (Phi) is 4.74. The molecule has 1 amide bonds. The quantitative estimate of drug-likeness (QED) is 0.855. The first-order chi connectivity index (χ1) is 11.0. The van der Waals surface area contributed by atoms with E-state index in [1.807, 2.05) is 4.90 Å². The Hall–Kier alpha value is -1.38. The molecule has 1 atom stereocenters. The lowest BCUT2D eigenvalue weighted by atomic mass is 10.2. The summed E-state index contributed by atoms with van der Waals surface area (Å²) in [5, 5.41) is 2.68. The molecule has 1 aromatic rings. The lowest BCUT2D eigenvalue weighted by Crippen LogP contribution is -2.41. The average molecular weight is 341 g/mol. The van der Waals surface area contributed by atoms with Crippen molar-refractivity contribution in [2.75, 3.05) is 26.7 Å². The van der Waals surface area contributed by atoms with Gasteiger partial charge in [-0.15, -0.1) is 0 Å². The molecular weight excluding hydrogens is 318 g/mol. The van der Waals surface area contributed by atoms with Crippen LogP contribution in [0, 0.1) is 0 Å². The molecule has 0 bridgehead atoms. The van der Waals surface area contributed by atoms with E-state index in [9.17, 15) is 13.2 Å². The molecule has 3 rings (SSSR count). The fraction of sp³-hybridized carbons (Fsp3) is 0.667. The van der Waals surface area contributed by atoms with Gasteiger partial charge in [-0.05, 0) is 44.4 Å². The summed E-state index contributed by atoms with van der Waals surface area (Å²) in [6.07, 6.45) is 3.57. The molecule has 1 aromatic heterocycles. The van der Waals surface area contributed by atoms with E-state index in [0.717, 1.165) is 32.2 Å². The molecule has 0 radical (unpaired) electrons. The molecule has 23 heavy (non-hydrogen) atoms. The number of nitrogens with one attached hydrogen (secondary N) is 1. The molecular formula is C15H23N3O4S. The highest BCUT2D eigenvalue weighted by atomic mass is 32.2. The summed E-state index contributed by atoms with van der Waals surface area (Å²) in [5.41, 5.74) is 0. The minimum Gasteiger partial charge on any atom is -0.447 e. The number of furan rings is 1. The van der Waals surface area contributed by atoms with Crippen molar-refractivity contribution in [2.24, 2.45) is 0 Å². The molecule has 7 nitrogen and oxygen atoms in total. The molecule has 0 aromatic carbocycles. The third kappa shape index (κ3) is 3.29. The van der Waals surface area contributed by atoms with Crippen LogP contribution in [0.5, 0.6) is 0 Å². The van der Waals surface area contributed by atoms with E-state index in [1.54, 1.807) is 13.1 Å². The van der Waals surface area contributed by atoms with E-state index in [0.29, 0.717) is 25.4 Å². The topological polar surface area (TPSA) is 82.9 Å². The van der Waals surface area contributed by atoms with Crippen LogP contribution in [0.4, 0.5) is 0 Å². The van der Waals surface area contributed by atoms with Crippen LogP contribution < -0.4 is 5.32 Å². The maximum absolute atomic E-state index is 12.5. The van der Waals surface area contributed by atoms with Gasteiger partial charge in [-0.1, -0.05) is 0 Å². The molecule has 1 N–H and O–H groups in total. The van der Waals surface area contributed by atoms with Gasteiger partial charge < -0.3 is 9.73 Å². The van der Waals surface area contributed by atoms with Crippen molar-refractivity contribution in [3.63, 3.8) is 0 Å². The average Bonchev–Trinajstić information content (AvgIpc) is 3.28. The number of rotatable bonds is 5. The molecule has 0 saturated carbocycles. The van der Waals surface area contributed by atoms with Gasteiger partial charge in [0.15, 0.2) is 0 Å². The summed E-state index contributed by atoms with van der Waals surface area (Å²) in [5.74, 6) is 0.581. The highest BCUT2D eigenvalue weighted by Gasteiger charge is 2.32. The number of likely N-dealkylation sites (N-methyl/N-ethyl adjacent to an activating group) is 1. The van der Waals surface area contributed by atoms with Gasteiger partial charge in [-0.2, -0.15) is 4.31 Å². The van der Waals surface area contributed by atoms with E-state index in [2.05, 4.69) is 5.32 Å². The molecule has 0 spiro atoms. The van der Waals surface area contributed by atoms with Crippen LogP contribution in [0.2, 0.25) is 0 Å². The molecule has 2 fully saturated rings. The molecule has 3 heterocycles. The van der Waals surface area contributed by atoms with Crippen LogP contribution in [-0.4, -0.2) is 56.3 Å². The number of carbonyl (C=O) groups is 1. The van der Waals surface area contributed by atoms with Crippen molar-refractivity contribution in [1.82, 2.24) is 14.5 Å². The van der Waals surface area contributed by atoms with E-state index in [4.69, 9.17) is 4.42 Å². The summed E-state index contributed by atoms with van der Waals surface area (Å²) >= 11 is 0. The summed E-state index contributed by atoms with van der Waals surface area (Å²) in [7, 11) is -1.89. The lowest BCUT2D eigenvalue weighted by molar-refractivity contribution is -0.125. The van der Waals surface area contributed by atoms with Gasteiger partial charge in [0.1, 0.15) is 5.76 Å². The van der Waals surface area contributed by atoms with Crippen molar-refractivity contribution < 1.29 is 17.6 Å². The minimum atomic E-state index is -3.52. The van der Waals surface area contributed by atoms with Crippen molar-refractivity contribution in [2.45, 2.75) is 43.4 Å². The van der Waals surface area contributed by atoms with Crippen LogP contribution in [0.25, 0.3) is 0 Å². The predicted molar refractivity (Wildman–Crippen MR) is 84.2 cm³/mol. The van der Waals surface area contributed by atoms with Gasteiger partial charge in [0.2, 0.25) is 11.0 Å². The van der Waals surface area contributed by atoms with Crippen LogP contribution >= 0.6 is 0 Å². The first-order valence-corrected chi connectivity index (χ1v) is 9.51. The maximum atomic E-state index is 12.5. The number of sulfonamides is 1. The van der Waals surface area contributed by atoms with Crippen molar-refractivity contribution >= 4 is 15.9 Å². The van der Waals surface area contributed by atoms with Gasteiger partial charge >= 0.3 is 0 Å². The van der Waals surface area contributed by atoms with E-state index in [1.165, 1.54) is 10.4 Å². The van der Waals surface area contributed by atoms with Crippen molar-refractivity contribution in [1.29, 1.82) is 0 Å². The van der Waals surface area contributed by atoms with Gasteiger partial charge in [-0.25, -0.2) is 8.42 Å². The molecule has 128 valence electrons. The van der Waals surface area contributed by atoms with E-state index >= 15 is 0 Å². The Morgan fingerprint density at radius 2 is 2.00 bits per heavy atom. The smallest absolute Gasteiger partial charge is 0.276 e. The van der Waals surface area contributed by atoms with Crippen LogP contribution in [0.1, 0.15) is 31.4 Å². The number of nitrogens with zero attached hydrogens (tertiary/aromatic N) is 2. The first kappa shape index (κ1) is 16.5. The second-order valence-electron chi connectivity index (χ2n) is 6.07. The number of hydrogen-bond acceptors (Lipinski definition) is 5. The molecule has 0 aliphatic carbocycles. The largest absolute Gasteiger partial charge is 0.447 e. The Morgan fingerprint density at radius 1 is 1.26 bits per heavy atom. The Labute approximate surface area is 136 Å². The number of likely N-dealkylation sites (tertiary alicyclic amines) is 1. The Bertz CT molecular complexity index is 664. The standard InChI is InChI=1S/C15H23N3O4S/c1-16-15(19)13-5-4-8-17(13)11-12-6-7-14(22-12)23(20,21)18-9-2-3-10-18/h6-7,13H,2-5,8-11H2,1H3,(H,16,19). The Morgan fingerprint density at radius 3 is 2.70 bits per heavy atom. The van der Waals surface area contributed by atoms with E-state index < -0.39 is 10.0 Å². The van der Waals surface area contributed by atoms with Gasteiger partial charge in [0.25, 0.3) is 10.0 Å². The summed E-state index contributed by atoms with van der Waals surface area (Å²) in [6, 6.07) is 3.06. The lowest BCUT2D eigenvalue weighted by Gasteiger charge is -2.21. The van der Waals surface area contributed by atoms with Gasteiger partial charge in [-0.3, -0.25) is 9.69 Å². The molecule has 8 heteroatoms. The molecule has 1 unspecified atom stereocenters. The zero-order valence-corrected chi connectivity index (χ0v) is 14.1. The second-order valence-corrected chi connectivity index (χ2v) is 7.94. The molecule has 2 aliphatic heterocycles. The highest BCUT2D eigenvalue weighted by Crippen LogP contribution is 2.25. The van der Waals surface area contributed by atoms with Crippen molar-refractivity contribution in [3.05, 3.63) is 17.9 Å². The third-order valence-corrected chi connectivity index (χ3v) is 6.34. The molecule has 2 aliphatic rings. The summed E-state index contributed by atoms with van der Waals surface area (Å²) in [4.78, 5) is 13.9. The van der Waals surface area contributed by atoms with Crippen LogP contribution in [0.15, 0.2) is 21.6 Å². The third-order valence-electron chi connectivity index (χ3n) is 4.57. The van der Waals surface area contributed by atoms with Crippen LogP contribution in [-0.2, 0) is 21.4 Å². The minimum absolute atomic E-state index is 0.000956. The number of amides is 1. The normalized spacial score (nSPS) is 23.4. The predicted octanol–water partition coefficient (Wildman–Crippen LogP) is 0.774. The summed E-state index contributed by atoms with van der Waals surface area (Å²) < 4.78 is 32.0. The number of hydrogen-bond donors (Lipinski definition) is 1. The SMILES string of the molecule is CNC(=O)C1CCCN1Cc1ccc(S(=O)(=O)N2CCCC2)o1. The van der Waals surface area contributed by atoms with Crippen LogP contribution in [0.3, 0.4) is 0 Å². The van der Waals surface area contributed by atoms with Gasteiger partial charge in [0.05, 0.1) is 12.6 Å². The second kappa shape index (κ2) is 6.62. The summed E-state index contributed by atoms with van der Waals surface area (Å²) in [6.45, 7) is 2.38. The van der Waals surface area contributed by atoms with Crippen molar-refractivity contribution in [3.8, 4) is 0 Å². The van der Waals surface area contributed by atoms with Gasteiger partial charge in [0, 0.05) is 20.1 Å². The monoisotopic (exact) mass is 341 g/mol. The Balaban J connectivity index is 1.71. The fourth-order valence-corrected chi connectivity index (χ4v) is 4.76. The zero-order valence-electron chi connectivity index (χ0n) is 13.3. The molecule has 2 saturated heterocycles. The zero-order chi connectivity index (χ0) is 16.4. The number of carbonyl (C=O) groups excluding carboxylic acids is 1. The first-order valence-electron chi connectivity index (χ1n) is 8.07. The highest BCUT2D eigenvalue weighted by molar-refractivity contribution is 7.89. The maximum Gasteiger partial charge on any atom is 0.276 e. The van der Waals surface area contributed by atoms with E-state index in [-0.39, 0.29) is 17.0 Å².